The maximum atomic E-state index is 12.5. The zero-order valence-electron chi connectivity index (χ0n) is 13.3. The normalized spacial score (nSPS) is 16.7. The van der Waals surface area contributed by atoms with Crippen LogP contribution in [0.4, 0.5) is 10.5 Å². The fourth-order valence-electron chi connectivity index (χ4n) is 2.99. The smallest absolute Gasteiger partial charge is 0.312 e. The van der Waals surface area contributed by atoms with Gasteiger partial charge in [0.1, 0.15) is 0 Å². The van der Waals surface area contributed by atoms with Crippen molar-refractivity contribution in [2.24, 2.45) is 11.7 Å². The summed E-state index contributed by atoms with van der Waals surface area (Å²) < 4.78 is 0. The molecule has 5 nitrogen and oxygen atoms in total. The number of rotatable bonds is 6. The third-order valence-electron chi connectivity index (χ3n) is 4.23. The Balaban J connectivity index is 1.92. The summed E-state index contributed by atoms with van der Waals surface area (Å²) in [6, 6.07) is 7.67. The van der Waals surface area contributed by atoms with Gasteiger partial charge in [-0.2, -0.15) is 0 Å². The molecule has 1 aliphatic heterocycles. The average Bonchev–Trinajstić information content (AvgIpc) is 2.86. The van der Waals surface area contributed by atoms with Crippen LogP contribution in [0.5, 0.6) is 0 Å². The number of unbranched alkanes of at least 4 members (excludes halogenated alkanes) is 1. The number of urea groups is 1. The van der Waals surface area contributed by atoms with Crippen molar-refractivity contribution >= 4 is 17.6 Å². The van der Waals surface area contributed by atoms with E-state index < -0.39 is 6.03 Å². The van der Waals surface area contributed by atoms with Crippen LogP contribution in [-0.4, -0.2) is 25.0 Å². The number of carbonyl (C=O) groups excluding carboxylic acids is 2. The zero-order valence-corrected chi connectivity index (χ0v) is 13.3. The van der Waals surface area contributed by atoms with Crippen LogP contribution in [0.2, 0.25) is 0 Å². The number of hydrogen-bond acceptors (Lipinski definition) is 2. The third-order valence-corrected chi connectivity index (χ3v) is 4.23. The van der Waals surface area contributed by atoms with Crippen LogP contribution >= 0.6 is 0 Å². The van der Waals surface area contributed by atoms with Crippen LogP contribution in [0.15, 0.2) is 24.3 Å². The minimum atomic E-state index is -0.514. The highest BCUT2D eigenvalue weighted by Gasteiger charge is 2.33. The van der Waals surface area contributed by atoms with Gasteiger partial charge in [-0.15, -0.1) is 0 Å². The van der Waals surface area contributed by atoms with Gasteiger partial charge in [-0.05, 0) is 30.4 Å². The summed E-state index contributed by atoms with van der Waals surface area (Å²) in [5.41, 5.74) is 7.34. The van der Waals surface area contributed by atoms with Gasteiger partial charge in [0.2, 0.25) is 5.91 Å². The van der Waals surface area contributed by atoms with Gasteiger partial charge in [0.15, 0.2) is 0 Å². The number of amides is 3. The first kappa shape index (κ1) is 16.3. The minimum Gasteiger partial charge on any atom is -0.352 e. The highest BCUT2D eigenvalue weighted by atomic mass is 16.2. The lowest BCUT2D eigenvalue weighted by molar-refractivity contribution is -0.118. The molecule has 2 rings (SSSR count). The molecule has 0 saturated heterocycles. The number of fused-ring (bicyclic) bond motifs is 1. The van der Waals surface area contributed by atoms with E-state index >= 15 is 0 Å². The molecule has 1 aliphatic rings. The highest BCUT2D eigenvalue weighted by molar-refractivity contribution is 5.95. The lowest BCUT2D eigenvalue weighted by atomic mass is 9.90. The van der Waals surface area contributed by atoms with Crippen molar-refractivity contribution in [1.29, 1.82) is 0 Å². The Labute approximate surface area is 131 Å². The van der Waals surface area contributed by atoms with Crippen LogP contribution in [0.1, 0.15) is 44.6 Å². The molecule has 0 spiro atoms. The summed E-state index contributed by atoms with van der Waals surface area (Å²) in [6.45, 7) is 5.69. The van der Waals surface area contributed by atoms with Crippen molar-refractivity contribution in [1.82, 2.24) is 5.32 Å². The van der Waals surface area contributed by atoms with E-state index in [1.54, 1.807) is 0 Å². The SMILES string of the molecule is CC(C)C1CN(C(=O)CCCCNC(N)=O)c2ccccc21. The van der Waals surface area contributed by atoms with E-state index in [4.69, 9.17) is 5.73 Å². The molecule has 22 heavy (non-hydrogen) atoms. The zero-order chi connectivity index (χ0) is 16.1. The Kier molecular flexibility index (Phi) is 5.41. The second-order valence-corrected chi connectivity index (χ2v) is 6.16. The van der Waals surface area contributed by atoms with Gasteiger partial charge in [-0.1, -0.05) is 32.0 Å². The molecule has 0 radical (unpaired) electrons. The summed E-state index contributed by atoms with van der Waals surface area (Å²) in [5, 5.41) is 2.54. The molecule has 0 aliphatic carbocycles. The van der Waals surface area contributed by atoms with Crippen molar-refractivity contribution in [2.45, 2.75) is 39.0 Å². The number of hydrogen-bond donors (Lipinski definition) is 2. The van der Waals surface area contributed by atoms with Crippen molar-refractivity contribution in [2.75, 3.05) is 18.0 Å². The second kappa shape index (κ2) is 7.29. The highest BCUT2D eigenvalue weighted by Crippen LogP contribution is 2.40. The van der Waals surface area contributed by atoms with Crippen molar-refractivity contribution in [3.05, 3.63) is 29.8 Å². The minimum absolute atomic E-state index is 0.162. The molecule has 0 bridgehead atoms. The van der Waals surface area contributed by atoms with Crippen molar-refractivity contribution in [3.63, 3.8) is 0 Å². The van der Waals surface area contributed by atoms with E-state index in [0.29, 0.717) is 24.8 Å². The molecule has 1 aromatic carbocycles. The number of carbonyl (C=O) groups is 2. The van der Waals surface area contributed by atoms with Crippen LogP contribution < -0.4 is 16.0 Å². The molecule has 1 unspecified atom stereocenters. The van der Waals surface area contributed by atoms with Crippen LogP contribution in [-0.2, 0) is 4.79 Å². The van der Waals surface area contributed by atoms with Gasteiger partial charge in [-0.3, -0.25) is 4.79 Å². The van der Waals surface area contributed by atoms with E-state index in [1.807, 2.05) is 23.1 Å². The van der Waals surface area contributed by atoms with Crippen molar-refractivity contribution < 1.29 is 9.59 Å². The maximum absolute atomic E-state index is 12.5. The number of nitrogens with one attached hydrogen (secondary N) is 1. The van der Waals surface area contributed by atoms with Gasteiger partial charge in [-0.25, -0.2) is 4.79 Å². The Bertz CT molecular complexity index is 542. The lowest BCUT2D eigenvalue weighted by Crippen LogP contribution is -2.31. The van der Waals surface area contributed by atoms with Gasteiger partial charge in [0.05, 0.1) is 0 Å². The van der Waals surface area contributed by atoms with Crippen LogP contribution in [0.25, 0.3) is 0 Å². The number of nitrogens with zero attached hydrogens (tertiary/aromatic N) is 1. The lowest BCUT2D eigenvalue weighted by Gasteiger charge is -2.19. The predicted octanol–water partition coefficient (Wildman–Crippen LogP) is 2.61. The molecule has 3 amide bonds. The fraction of sp³-hybridized carbons (Fsp3) is 0.529. The van der Waals surface area contributed by atoms with Crippen LogP contribution in [0, 0.1) is 5.92 Å². The van der Waals surface area contributed by atoms with E-state index in [-0.39, 0.29) is 5.91 Å². The fourth-order valence-corrected chi connectivity index (χ4v) is 2.99. The Hall–Kier alpha value is -2.04. The Morgan fingerprint density at radius 3 is 2.73 bits per heavy atom. The summed E-state index contributed by atoms with van der Waals surface area (Å²) in [4.78, 5) is 25.0. The van der Waals surface area contributed by atoms with Gasteiger partial charge in [0.25, 0.3) is 0 Å². The molecular weight excluding hydrogens is 278 g/mol. The molecule has 0 saturated carbocycles. The monoisotopic (exact) mass is 303 g/mol. The molecule has 0 fully saturated rings. The Morgan fingerprint density at radius 2 is 2.05 bits per heavy atom. The summed E-state index contributed by atoms with van der Waals surface area (Å²) in [7, 11) is 0. The maximum Gasteiger partial charge on any atom is 0.312 e. The van der Waals surface area contributed by atoms with E-state index in [2.05, 4.69) is 25.2 Å². The van der Waals surface area contributed by atoms with E-state index in [9.17, 15) is 9.59 Å². The Morgan fingerprint density at radius 1 is 1.32 bits per heavy atom. The second-order valence-electron chi connectivity index (χ2n) is 6.16. The van der Waals surface area contributed by atoms with E-state index in [0.717, 1.165) is 25.1 Å². The number of para-hydroxylation sites is 1. The molecule has 3 N–H and O–H groups in total. The number of primary amides is 1. The van der Waals surface area contributed by atoms with E-state index in [1.165, 1.54) is 5.56 Å². The number of nitrogens with two attached hydrogens (primary N) is 1. The first-order valence-electron chi connectivity index (χ1n) is 7.93. The third kappa shape index (κ3) is 3.78. The first-order chi connectivity index (χ1) is 10.5. The van der Waals surface area contributed by atoms with Gasteiger partial charge < -0.3 is 16.0 Å². The first-order valence-corrected chi connectivity index (χ1v) is 7.93. The molecule has 0 aromatic heterocycles. The predicted molar refractivity (Wildman–Crippen MR) is 87.8 cm³/mol. The number of benzene rings is 1. The summed E-state index contributed by atoms with van der Waals surface area (Å²) >= 11 is 0. The topological polar surface area (TPSA) is 75.4 Å². The van der Waals surface area contributed by atoms with Crippen LogP contribution in [0.3, 0.4) is 0 Å². The molecule has 120 valence electrons. The molecule has 1 heterocycles. The molecule has 5 heteroatoms. The number of anilines is 1. The summed E-state index contributed by atoms with van der Waals surface area (Å²) in [5.74, 6) is 1.09. The molecular formula is C17H25N3O2. The molecule has 1 atom stereocenters. The average molecular weight is 303 g/mol. The van der Waals surface area contributed by atoms with Crippen molar-refractivity contribution in [3.8, 4) is 0 Å². The molecule has 1 aromatic rings. The standard InChI is InChI=1S/C17H25N3O2/c1-12(2)14-11-20(15-8-4-3-7-13(14)15)16(21)9-5-6-10-19-17(18)22/h3-4,7-8,12,14H,5-6,9-11H2,1-2H3,(H3,18,19,22). The summed E-state index contributed by atoms with van der Waals surface area (Å²) in [6.07, 6.45) is 2.02. The largest absolute Gasteiger partial charge is 0.352 e. The quantitative estimate of drug-likeness (QED) is 0.793. The van der Waals surface area contributed by atoms with Gasteiger partial charge in [0, 0.05) is 31.1 Å². The van der Waals surface area contributed by atoms with Gasteiger partial charge >= 0.3 is 6.03 Å².